The van der Waals surface area contributed by atoms with Gasteiger partial charge < -0.3 is 14.0 Å². The Bertz CT molecular complexity index is 865. The van der Waals surface area contributed by atoms with Crippen molar-refractivity contribution in [3.8, 4) is 5.75 Å². The Morgan fingerprint density at radius 3 is 2.03 bits per heavy atom. The van der Waals surface area contributed by atoms with E-state index in [1.54, 1.807) is 0 Å². The summed E-state index contributed by atoms with van der Waals surface area (Å²) in [6.45, 7) is 7.09. The fraction of sp³-hybridized carbons (Fsp3) is 0.594. The van der Waals surface area contributed by atoms with Crippen LogP contribution >= 0.6 is 0 Å². The Morgan fingerprint density at radius 1 is 0.778 bits per heavy atom. The van der Waals surface area contributed by atoms with Crippen molar-refractivity contribution in [2.75, 3.05) is 14.1 Å². The van der Waals surface area contributed by atoms with Gasteiger partial charge in [-0.25, -0.2) is 4.79 Å². The van der Waals surface area contributed by atoms with E-state index in [9.17, 15) is 4.79 Å². The molecule has 0 heterocycles. The quantitative estimate of drug-likeness (QED) is 0.0905. The molecular weight excluding hydrogens is 446 g/mol. The van der Waals surface area contributed by atoms with Crippen LogP contribution in [0.15, 0.2) is 54.6 Å². The summed E-state index contributed by atoms with van der Waals surface area (Å²) in [5.41, 5.74) is 2.41. The predicted molar refractivity (Wildman–Crippen MR) is 150 cm³/mol. The van der Waals surface area contributed by atoms with Gasteiger partial charge >= 0.3 is 5.97 Å². The summed E-state index contributed by atoms with van der Waals surface area (Å²) in [6.07, 6.45) is 12.2. The van der Waals surface area contributed by atoms with Crippen molar-refractivity contribution in [2.24, 2.45) is 0 Å². The van der Waals surface area contributed by atoms with Gasteiger partial charge in [0.05, 0.1) is 14.1 Å². The number of benzene rings is 2. The van der Waals surface area contributed by atoms with E-state index in [4.69, 9.17) is 9.47 Å². The normalized spacial score (nSPS) is 13.2. The van der Waals surface area contributed by atoms with Crippen LogP contribution in [0.5, 0.6) is 5.75 Å². The maximum absolute atomic E-state index is 13.3. The monoisotopic (exact) mass is 496 g/mol. The van der Waals surface area contributed by atoms with E-state index in [0.29, 0.717) is 17.3 Å². The second kappa shape index (κ2) is 16.4. The number of carbonyl (C=O) groups excluding carboxylic acids is 1. The second-order valence-corrected chi connectivity index (χ2v) is 10.6. The fourth-order valence-electron chi connectivity index (χ4n) is 4.93. The van der Waals surface area contributed by atoms with E-state index in [1.807, 2.05) is 37.3 Å². The largest absolute Gasteiger partial charge is 0.455 e. The van der Waals surface area contributed by atoms with Gasteiger partial charge in [0, 0.05) is 18.4 Å². The number of nitrogens with zero attached hydrogens (tertiary/aromatic N) is 1. The van der Waals surface area contributed by atoms with Crippen LogP contribution in [0.25, 0.3) is 0 Å². The maximum Gasteiger partial charge on any atom is 0.368 e. The number of carbonyl (C=O) groups is 1. The van der Waals surface area contributed by atoms with Crippen LogP contribution in [0.1, 0.15) is 96.1 Å². The highest BCUT2D eigenvalue weighted by Crippen LogP contribution is 2.24. The molecule has 0 bridgehead atoms. The van der Waals surface area contributed by atoms with E-state index < -0.39 is 6.29 Å². The molecule has 0 amide bonds. The molecule has 0 aliphatic heterocycles. The Labute approximate surface area is 220 Å². The van der Waals surface area contributed by atoms with Crippen LogP contribution in [-0.4, -0.2) is 36.9 Å². The first-order valence-electron chi connectivity index (χ1n) is 14.2. The molecule has 0 saturated heterocycles. The number of para-hydroxylation sites is 1. The summed E-state index contributed by atoms with van der Waals surface area (Å²) in [4.78, 5) is 13.3. The molecule has 0 aliphatic rings. The van der Waals surface area contributed by atoms with Crippen LogP contribution < -0.4 is 4.74 Å². The van der Waals surface area contributed by atoms with Crippen LogP contribution in [0.3, 0.4) is 0 Å². The zero-order chi connectivity index (χ0) is 26.2. The lowest BCUT2D eigenvalue weighted by atomic mass is 10.0. The molecule has 0 saturated carbocycles. The molecular formula is C32H50NO3+. The minimum Gasteiger partial charge on any atom is -0.455 e. The fourth-order valence-corrected chi connectivity index (χ4v) is 4.93. The first-order chi connectivity index (χ1) is 17.4. The minimum absolute atomic E-state index is 0.189. The third-order valence-electron chi connectivity index (χ3n) is 7.05. The highest BCUT2D eigenvalue weighted by Gasteiger charge is 2.36. The van der Waals surface area contributed by atoms with Crippen molar-refractivity contribution in [1.82, 2.24) is 0 Å². The van der Waals surface area contributed by atoms with Gasteiger partial charge in [-0.15, -0.1) is 0 Å². The number of unbranched alkanes of at least 4 members (excludes halogenated alkanes) is 7. The molecule has 0 aromatic heterocycles. The average molecular weight is 497 g/mol. The molecule has 2 atom stereocenters. The maximum atomic E-state index is 13.3. The number of hydrogen-bond donors (Lipinski definition) is 0. The van der Waals surface area contributed by atoms with E-state index >= 15 is 0 Å². The van der Waals surface area contributed by atoms with Gasteiger partial charge in [-0.3, -0.25) is 0 Å². The van der Waals surface area contributed by atoms with Crippen molar-refractivity contribution in [1.29, 1.82) is 0 Å². The minimum atomic E-state index is -0.581. The first kappa shape index (κ1) is 29.9. The van der Waals surface area contributed by atoms with Gasteiger partial charge in [0.25, 0.3) is 0 Å². The van der Waals surface area contributed by atoms with E-state index in [2.05, 4.69) is 52.2 Å². The van der Waals surface area contributed by atoms with Crippen LogP contribution in [0.2, 0.25) is 0 Å². The molecule has 0 fully saturated rings. The van der Waals surface area contributed by atoms with Gasteiger partial charge in [0.2, 0.25) is 6.29 Å². The molecule has 0 aliphatic carbocycles. The molecule has 200 valence electrons. The Balaban J connectivity index is 1.91. The molecule has 0 N–H and O–H groups in total. The van der Waals surface area contributed by atoms with E-state index in [-0.39, 0.29) is 12.0 Å². The number of rotatable bonds is 18. The molecule has 2 aromatic rings. The van der Waals surface area contributed by atoms with Gasteiger partial charge in [0.1, 0.15) is 12.3 Å². The Morgan fingerprint density at radius 2 is 1.39 bits per heavy atom. The summed E-state index contributed by atoms with van der Waals surface area (Å²) in [7, 11) is 4.20. The van der Waals surface area contributed by atoms with Gasteiger partial charge in [-0.2, -0.15) is 0 Å². The molecule has 4 heteroatoms. The number of likely N-dealkylation sites (N-methyl/N-ethyl adjacent to an activating group) is 1. The molecule has 2 unspecified atom stereocenters. The van der Waals surface area contributed by atoms with Crippen molar-refractivity contribution >= 4 is 5.97 Å². The number of hydrogen-bond acceptors (Lipinski definition) is 3. The lowest BCUT2D eigenvalue weighted by Crippen LogP contribution is -2.53. The Kier molecular flexibility index (Phi) is 13.6. The summed E-state index contributed by atoms with van der Waals surface area (Å²) in [6, 6.07) is 18.3. The molecule has 0 radical (unpaired) electrons. The van der Waals surface area contributed by atoms with Gasteiger partial charge in [-0.1, -0.05) is 114 Å². The molecule has 4 nitrogen and oxygen atoms in total. The van der Waals surface area contributed by atoms with Gasteiger partial charge in [0.15, 0.2) is 6.04 Å². The molecule has 36 heavy (non-hydrogen) atoms. The van der Waals surface area contributed by atoms with Crippen LogP contribution in [-0.2, 0) is 22.5 Å². The third-order valence-corrected chi connectivity index (χ3v) is 7.05. The summed E-state index contributed by atoms with van der Waals surface area (Å²) in [5.74, 6) is 0.650. The SMILES string of the molecule is CCCCCCCCCCc1ccccc1OC(CC)OC(=O)C(CC)[N+](C)(C)Cc1ccccc1. The van der Waals surface area contributed by atoms with E-state index in [0.717, 1.165) is 25.1 Å². The standard InChI is InChI=1S/C32H50NO3/c1-6-9-10-11-12-13-14-18-23-28-24-19-20-25-30(28)35-31(8-3)36-32(34)29(7-2)33(4,5)26-27-21-16-15-17-22-27/h15-17,19-22,24-25,29,31H,6-14,18,23,26H2,1-5H3/q+1. The predicted octanol–water partition coefficient (Wildman–Crippen LogP) is 8.08. The number of aryl methyl sites for hydroxylation is 1. The summed E-state index contributed by atoms with van der Waals surface area (Å²) in [5, 5.41) is 0. The Hall–Kier alpha value is -2.33. The zero-order valence-electron chi connectivity index (χ0n) is 23.5. The van der Waals surface area contributed by atoms with Crippen LogP contribution in [0, 0.1) is 0 Å². The molecule has 2 aromatic carbocycles. The smallest absolute Gasteiger partial charge is 0.368 e. The lowest BCUT2D eigenvalue weighted by Gasteiger charge is -2.36. The van der Waals surface area contributed by atoms with Crippen molar-refractivity contribution in [3.05, 3.63) is 65.7 Å². The van der Waals surface area contributed by atoms with Gasteiger partial charge in [-0.05, 0) is 24.5 Å². The average Bonchev–Trinajstić information content (AvgIpc) is 2.86. The number of quaternary nitrogens is 1. The summed E-state index contributed by atoms with van der Waals surface area (Å²) < 4.78 is 12.8. The van der Waals surface area contributed by atoms with E-state index in [1.165, 1.54) is 56.1 Å². The second-order valence-electron chi connectivity index (χ2n) is 10.6. The zero-order valence-corrected chi connectivity index (χ0v) is 23.5. The van der Waals surface area contributed by atoms with Crippen LogP contribution in [0.4, 0.5) is 0 Å². The van der Waals surface area contributed by atoms with Crippen molar-refractivity contribution < 1.29 is 18.8 Å². The number of ether oxygens (including phenoxy) is 2. The van der Waals surface area contributed by atoms with Crippen molar-refractivity contribution in [2.45, 2.75) is 110 Å². The highest BCUT2D eigenvalue weighted by molar-refractivity contribution is 5.74. The molecule has 2 rings (SSSR count). The summed E-state index contributed by atoms with van der Waals surface area (Å²) >= 11 is 0. The lowest BCUT2D eigenvalue weighted by molar-refractivity contribution is -0.919. The number of esters is 1. The van der Waals surface area contributed by atoms with Crippen molar-refractivity contribution in [3.63, 3.8) is 0 Å². The molecule has 0 spiro atoms. The third kappa shape index (κ3) is 10.3. The topological polar surface area (TPSA) is 35.5 Å². The first-order valence-corrected chi connectivity index (χ1v) is 14.2. The highest BCUT2D eigenvalue weighted by atomic mass is 16.7.